The molecule has 0 unspecified atom stereocenters. The van der Waals surface area contributed by atoms with Gasteiger partial charge in [0.1, 0.15) is 16.3 Å². The average Bonchev–Trinajstić information content (AvgIpc) is 2.64. The summed E-state index contributed by atoms with van der Waals surface area (Å²) < 4.78 is 0. The quantitative estimate of drug-likeness (QED) is 0.0837. The molecule has 7 nitrogen and oxygen atoms in total. The molecule has 0 bridgehead atoms. The largest absolute Gasteiger partial charge is 0.513 e. The Labute approximate surface area is 161 Å². The lowest BCUT2D eigenvalue weighted by molar-refractivity contribution is -0.774. The number of allylic oxidation sites excluding steroid dienone is 6. The van der Waals surface area contributed by atoms with Crippen molar-refractivity contribution in [3.8, 4) is 0 Å². The first-order chi connectivity index (χ1) is 13.0. The predicted molar refractivity (Wildman–Crippen MR) is 107 cm³/mol. The highest BCUT2D eigenvalue weighted by atomic mass is 16.7. The first kappa shape index (κ1) is 24.7. The number of nitrogens with zero attached hydrogens (tertiary/aromatic N) is 2. The Kier molecular flexibility index (Phi) is 14.5. The molecule has 0 radical (unpaired) electrons. The van der Waals surface area contributed by atoms with E-state index in [0.717, 1.165) is 12.8 Å². The smallest absolute Gasteiger partial charge is 0.287 e. The number of nitro groups is 2. The van der Waals surface area contributed by atoms with Crippen molar-refractivity contribution in [2.24, 2.45) is 0 Å². The van der Waals surface area contributed by atoms with Crippen LogP contribution >= 0.6 is 0 Å². The highest BCUT2D eigenvalue weighted by molar-refractivity contribution is 5.59. The molecular formula is C20H32N2O5. The summed E-state index contributed by atoms with van der Waals surface area (Å²) >= 11 is 0. The molecule has 0 aliphatic carbocycles. The van der Waals surface area contributed by atoms with Gasteiger partial charge >= 0.3 is 5.66 Å². The molecule has 0 heterocycles. The Morgan fingerprint density at radius 1 is 0.741 bits per heavy atom. The van der Waals surface area contributed by atoms with Crippen molar-refractivity contribution in [1.29, 1.82) is 0 Å². The Bertz CT molecular complexity index is 512. The van der Waals surface area contributed by atoms with Crippen LogP contribution in [0.15, 0.2) is 36.5 Å². The number of carbonyl (C=O) groups is 1. The fraction of sp³-hybridized carbons (Fsp3) is 0.650. The zero-order valence-electron chi connectivity index (χ0n) is 16.3. The molecule has 0 aromatic carbocycles. The number of carbonyl (C=O) groups excluding carboxylic acids is 1. The van der Waals surface area contributed by atoms with Gasteiger partial charge in [0, 0.05) is 0 Å². The maximum atomic E-state index is 10.8. The molecule has 0 aromatic rings. The van der Waals surface area contributed by atoms with E-state index in [1.807, 2.05) is 12.2 Å². The van der Waals surface area contributed by atoms with Gasteiger partial charge in [0.15, 0.2) is 0 Å². The molecule has 0 atom stereocenters. The Balaban J connectivity index is 3.85. The molecule has 0 N–H and O–H groups in total. The Hall–Kier alpha value is -2.31. The van der Waals surface area contributed by atoms with E-state index in [1.165, 1.54) is 38.5 Å². The van der Waals surface area contributed by atoms with Crippen LogP contribution in [-0.4, -0.2) is 21.8 Å². The summed E-state index contributed by atoms with van der Waals surface area (Å²) in [6.07, 6.45) is 21.7. The average molecular weight is 380 g/mol. The Morgan fingerprint density at radius 3 is 1.74 bits per heavy atom. The van der Waals surface area contributed by atoms with Crippen molar-refractivity contribution in [3.05, 3.63) is 56.7 Å². The van der Waals surface area contributed by atoms with E-state index < -0.39 is 21.9 Å². The summed E-state index contributed by atoms with van der Waals surface area (Å²) in [5.74, 6) is 0. The van der Waals surface area contributed by atoms with Crippen LogP contribution in [0.5, 0.6) is 0 Å². The third-order valence-electron chi connectivity index (χ3n) is 4.27. The van der Waals surface area contributed by atoms with Crippen LogP contribution in [0.2, 0.25) is 0 Å². The summed E-state index contributed by atoms with van der Waals surface area (Å²) in [5, 5.41) is 21.6. The maximum Gasteiger partial charge on any atom is 0.513 e. The third-order valence-corrected chi connectivity index (χ3v) is 4.27. The molecule has 0 saturated heterocycles. The van der Waals surface area contributed by atoms with Crippen LogP contribution in [0.1, 0.15) is 77.6 Å². The summed E-state index contributed by atoms with van der Waals surface area (Å²) in [4.78, 5) is 30.1. The lowest BCUT2D eigenvalue weighted by Gasteiger charge is -2.09. The fourth-order valence-corrected chi connectivity index (χ4v) is 2.51. The summed E-state index contributed by atoms with van der Waals surface area (Å²) in [5.41, 5.74) is -2.74. The number of rotatable bonds is 17. The number of hydrogen-bond acceptors (Lipinski definition) is 5. The number of hydrogen-bond donors (Lipinski definition) is 0. The SMILES string of the molecule is CCCCCCCC/C=C/C/C=C/C/C=C/CCC(C=O)([N+](=O)[O-])[N+](=O)[O-]. The van der Waals surface area contributed by atoms with Gasteiger partial charge in [-0.25, -0.2) is 0 Å². The first-order valence-electron chi connectivity index (χ1n) is 9.71. The number of unbranched alkanes of at least 4 members (excludes halogenated alkanes) is 6. The fourth-order valence-electron chi connectivity index (χ4n) is 2.51. The van der Waals surface area contributed by atoms with Crippen molar-refractivity contribution in [1.82, 2.24) is 0 Å². The molecule has 0 aliphatic rings. The normalized spacial score (nSPS) is 12.3. The van der Waals surface area contributed by atoms with Gasteiger partial charge in [-0.05, 0) is 32.1 Å². The summed E-state index contributed by atoms with van der Waals surface area (Å²) in [7, 11) is 0. The van der Waals surface area contributed by atoms with Crippen LogP contribution in [0, 0.1) is 20.2 Å². The lowest BCUT2D eigenvalue weighted by atomic mass is 10.1. The number of aldehydes is 1. The van der Waals surface area contributed by atoms with Crippen molar-refractivity contribution in [2.45, 2.75) is 83.2 Å². The molecule has 0 aliphatic heterocycles. The second-order valence-electron chi connectivity index (χ2n) is 6.49. The molecule has 0 rings (SSSR count). The lowest BCUT2D eigenvalue weighted by Crippen LogP contribution is -2.47. The van der Waals surface area contributed by atoms with Crippen LogP contribution in [0.4, 0.5) is 0 Å². The van der Waals surface area contributed by atoms with Crippen molar-refractivity contribution in [3.63, 3.8) is 0 Å². The third kappa shape index (κ3) is 11.1. The maximum absolute atomic E-state index is 10.8. The van der Waals surface area contributed by atoms with E-state index >= 15 is 0 Å². The second kappa shape index (κ2) is 15.9. The molecule has 7 heteroatoms. The van der Waals surface area contributed by atoms with Gasteiger partial charge < -0.3 is 0 Å². The van der Waals surface area contributed by atoms with E-state index in [1.54, 1.807) is 12.2 Å². The molecule has 0 amide bonds. The predicted octanol–water partition coefficient (Wildman–Crippen LogP) is 5.41. The first-order valence-corrected chi connectivity index (χ1v) is 9.71. The van der Waals surface area contributed by atoms with E-state index in [-0.39, 0.29) is 12.7 Å². The Morgan fingerprint density at radius 2 is 1.22 bits per heavy atom. The minimum absolute atomic E-state index is 0.104. The minimum atomic E-state index is -2.74. The van der Waals surface area contributed by atoms with Gasteiger partial charge in [0.05, 0.1) is 0 Å². The summed E-state index contributed by atoms with van der Waals surface area (Å²) in [6, 6.07) is 0. The van der Waals surface area contributed by atoms with Crippen molar-refractivity contribution < 1.29 is 14.6 Å². The second-order valence-corrected chi connectivity index (χ2v) is 6.49. The van der Waals surface area contributed by atoms with E-state index in [0.29, 0.717) is 6.42 Å². The van der Waals surface area contributed by atoms with Gasteiger partial charge in [0.2, 0.25) is 0 Å². The zero-order valence-corrected chi connectivity index (χ0v) is 16.3. The molecule has 0 saturated carbocycles. The van der Waals surface area contributed by atoms with Crippen LogP contribution in [-0.2, 0) is 4.79 Å². The van der Waals surface area contributed by atoms with Gasteiger partial charge in [-0.1, -0.05) is 75.5 Å². The zero-order chi connectivity index (χ0) is 20.4. The highest BCUT2D eigenvalue weighted by Gasteiger charge is 2.55. The van der Waals surface area contributed by atoms with Crippen molar-refractivity contribution in [2.75, 3.05) is 0 Å². The monoisotopic (exact) mass is 380 g/mol. The minimum Gasteiger partial charge on any atom is -0.287 e. The standard InChI is InChI=1S/C20H32N2O5/c1-2-3-4-5-6-7-8-9-10-11-12-13-14-15-16-17-18-20(19-23,21(24)25)22(26)27/h9-10,12-13,15-16,19H,2-8,11,14,17-18H2,1H3/b10-9+,13-12+,16-15+. The van der Waals surface area contributed by atoms with Gasteiger partial charge in [-0.3, -0.25) is 25.0 Å². The van der Waals surface area contributed by atoms with E-state index in [2.05, 4.69) is 19.1 Å². The molecule has 0 spiro atoms. The summed E-state index contributed by atoms with van der Waals surface area (Å²) in [6.45, 7) is 2.22. The molecule has 152 valence electrons. The van der Waals surface area contributed by atoms with Crippen LogP contribution < -0.4 is 0 Å². The van der Waals surface area contributed by atoms with Gasteiger partial charge in [0.25, 0.3) is 6.29 Å². The van der Waals surface area contributed by atoms with E-state index in [4.69, 9.17) is 0 Å². The van der Waals surface area contributed by atoms with Gasteiger partial charge in [-0.15, -0.1) is 0 Å². The van der Waals surface area contributed by atoms with Gasteiger partial charge in [-0.2, -0.15) is 0 Å². The molecular weight excluding hydrogens is 348 g/mol. The van der Waals surface area contributed by atoms with Crippen LogP contribution in [0.25, 0.3) is 0 Å². The molecule has 27 heavy (non-hydrogen) atoms. The van der Waals surface area contributed by atoms with E-state index in [9.17, 15) is 25.0 Å². The topological polar surface area (TPSA) is 103 Å². The molecule has 0 aromatic heterocycles. The van der Waals surface area contributed by atoms with Crippen molar-refractivity contribution >= 4 is 6.29 Å². The molecule has 0 fully saturated rings. The highest BCUT2D eigenvalue weighted by Crippen LogP contribution is 2.16. The van der Waals surface area contributed by atoms with Crippen LogP contribution in [0.3, 0.4) is 0 Å².